The predicted molar refractivity (Wildman–Crippen MR) is 137 cm³/mol. The zero-order valence-corrected chi connectivity index (χ0v) is 22.7. The van der Waals surface area contributed by atoms with Crippen LogP contribution in [-0.4, -0.2) is 0 Å². The summed E-state index contributed by atoms with van der Waals surface area (Å²) in [5.41, 5.74) is 1.58. The van der Waals surface area contributed by atoms with Gasteiger partial charge < -0.3 is 0 Å². The molecule has 1 fully saturated rings. The number of hydrogen-bond acceptors (Lipinski definition) is 0. The van der Waals surface area contributed by atoms with Crippen LogP contribution in [0.1, 0.15) is 19.3 Å². The van der Waals surface area contributed by atoms with Gasteiger partial charge in [-0.05, 0) is 30.9 Å². The molecule has 6 rings (SSSR count). The molecule has 0 bridgehead atoms. The van der Waals surface area contributed by atoms with Crippen LogP contribution in [0.4, 0.5) is 0 Å². The Morgan fingerprint density at radius 3 is 2.09 bits per heavy atom. The van der Waals surface area contributed by atoms with Crippen LogP contribution in [0, 0.1) is 12.3 Å². The van der Waals surface area contributed by atoms with Gasteiger partial charge in [0.2, 0.25) is 0 Å². The van der Waals surface area contributed by atoms with Crippen LogP contribution < -0.4 is 15.9 Å². The van der Waals surface area contributed by atoms with Gasteiger partial charge >= 0.3 is 0 Å². The third-order valence-electron chi connectivity index (χ3n) is 6.10. The quantitative estimate of drug-likeness (QED) is 0.139. The van der Waals surface area contributed by atoms with Gasteiger partial charge in [0.05, 0.1) is 0 Å². The van der Waals surface area contributed by atoms with Gasteiger partial charge in [-0.15, -0.1) is 58.9 Å². The van der Waals surface area contributed by atoms with E-state index in [2.05, 4.69) is 122 Å². The maximum atomic E-state index is 2.37. The molecule has 0 radical (unpaired) electrons. The first-order valence-electron chi connectivity index (χ1n) is 11.1. The molecule has 0 N–H and O–H groups in total. The van der Waals surface area contributed by atoms with Gasteiger partial charge in [0, 0.05) is 25.8 Å². The molecule has 1 unspecified atom stereocenters. The van der Waals surface area contributed by atoms with Crippen molar-refractivity contribution in [3.8, 4) is 0 Å². The maximum Gasteiger partial charge on any atom is 0 e. The molecule has 0 spiro atoms. The van der Waals surface area contributed by atoms with E-state index in [4.69, 9.17) is 0 Å². The molecule has 2 aliphatic rings. The summed E-state index contributed by atoms with van der Waals surface area (Å²) in [6.07, 6.45) is 13.0. The number of rotatable bonds is 3. The summed E-state index contributed by atoms with van der Waals surface area (Å²) in [4.78, 5) is 0. The van der Waals surface area contributed by atoms with Gasteiger partial charge in [-0.1, -0.05) is 73.2 Å². The van der Waals surface area contributed by atoms with E-state index in [1.807, 2.05) is 0 Å². The number of benzene rings is 3. The molecule has 0 amide bonds. The zero-order chi connectivity index (χ0) is 20.9. The minimum absolute atomic E-state index is 0. The molecule has 0 nitrogen and oxygen atoms in total. The van der Waals surface area contributed by atoms with Gasteiger partial charge in [-0.25, -0.2) is 18.1 Å². The molecule has 32 heavy (non-hydrogen) atoms. The second-order valence-electron chi connectivity index (χ2n) is 8.16. The summed E-state index contributed by atoms with van der Waals surface area (Å²) in [6.45, 7) is 0. The van der Waals surface area contributed by atoms with Crippen LogP contribution in [0.2, 0.25) is 0 Å². The third kappa shape index (κ3) is 5.28. The van der Waals surface area contributed by atoms with Crippen LogP contribution in [0.5, 0.6) is 0 Å². The normalized spacial score (nSPS) is 16.4. The first-order valence-corrected chi connectivity index (χ1v) is 12.5. The van der Waals surface area contributed by atoms with Crippen LogP contribution >= 0.6 is 7.92 Å². The molecular formula is C30H27HfP-2. The molecule has 0 aromatic heterocycles. The molecule has 1 atom stereocenters. The second-order valence-corrected chi connectivity index (χ2v) is 10.4. The number of fused-ring (bicyclic) bond motifs is 2. The van der Waals surface area contributed by atoms with E-state index in [9.17, 15) is 0 Å². The Kier molecular flexibility index (Phi) is 8.06. The molecule has 4 aromatic carbocycles. The average Bonchev–Trinajstić information content (AvgIpc) is 3.48. The smallest absolute Gasteiger partial charge is 0 e. The SMILES string of the molecule is C1=CCC2CC[CH-]C2=C1.[Hf].c1ccc(P(c2ccccc2)c2cc3ccccc3[cH-]2)cc1. The Bertz CT molecular complexity index is 1110. The molecule has 0 aliphatic heterocycles. The van der Waals surface area contributed by atoms with Crippen molar-refractivity contribution in [2.45, 2.75) is 19.3 Å². The standard InChI is InChI=1S/C21H16P.C9H11.Hf/c1-3-11-19(12-4-1)22(20-13-5-2-6-14-20)21-15-17-9-7-8-10-18(17)16-21;1-2-5-9-7-3-6-8(9)4-1;/h1-16H;1-2,4,6,9H,3,5,7H2;/q2*-1;. The van der Waals surface area contributed by atoms with Crippen molar-refractivity contribution in [1.29, 1.82) is 0 Å². The molecule has 2 heteroatoms. The van der Waals surface area contributed by atoms with Crippen molar-refractivity contribution in [3.05, 3.63) is 127 Å². The van der Waals surface area contributed by atoms with Crippen molar-refractivity contribution in [3.63, 3.8) is 0 Å². The van der Waals surface area contributed by atoms with Gasteiger partial charge in [0.1, 0.15) is 0 Å². The predicted octanol–water partition coefficient (Wildman–Crippen LogP) is 6.80. The topological polar surface area (TPSA) is 0 Å². The Morgan fingerprint density at radius 2 is 1.44 bits per heavy atom. The molecular weight excluding hydrogens is 570 g/mol. The molecule has 2 aliphatic carbocycles. The molecule has 1 saturated carbocycles. The van der Waals surface area contributed by atoms with E-state index >= 15 is 0 Å². The fourth-order valence-electron chi connectivity index (χ4n) is 4.53. The summed E-state index contributed by atoms with van der Waals surface area (Å²) in [7, 11) is -0.493. The van der Waals surface area contributed by atoms with E-state index in [0.29, 0.717) is 0 Å². The molecule has 0 heterocycles. The van der Waals surface area contributed by atoms with E-state index in [-0.39, 0.29) is 25.8 Å². The molecule has 158 valence electrons. The minimum Gasteiger partial charge on any atom is -0.227 e. The average molecular weight is 597 g/mol. The summed E-state index contributed by atoms with van der Waals surface area (Å²) in [5.74, 6) is 0.884. The largest absolute Gasteiger partial charge is 0.227 e. The van der Waals surface area contributed by atoms with Crippen molar-refractivity contribution >= 4 is 34.6 Å². The number of hydrogen-bond donors (Lipinski definition) is 0. The van der Waals surface area contributed by atoms with E-state index in [1.54, 1.807) is 5.57 Å². The zero-order valence-electron chi connectivity index (χ0n) is 18.2. The summed E-state index contributed by atoms with van der Waals surface area (Å²) >= 11 is 0. The van der Waals surface area contributed by atoms with E-state index in [0.717, 1.165) is 5.92 Å². The maximum absolute atomic E-state index is 2.37. The van der Waals surface area contributed by atoms with Gasteiger partial charge in [0.15, 0.2) is 0 Å². The second kappa shape index (κ2) is 11.2. The minimum atomic E-state index is -0.493. The fourth-order valence-corrected chi connectivity index (χ4v) is 6.90. The van der Waals surface area contributed by atoms with Crippen molar-refractivity contribution in [2.24, 2.45) is 5.92 Å². The van der Waals surface area contributed by atoms with Gasteiger partial charge in [0.25, 0.3) is 0 Å². The number of allylic oxidation sites excluding steroid dienone is 4. The monoisotopic (exact) mass is 598 g/mol. The van der Waals surface area contributed by atoms with Crippen LogP contribution in [0.3, 0.4) is 0 Å². The van der Waals surface area contributed by atoms with Crippen molar-refractivity contribution < 1.29 is 25.8 Å². The van der Waals surface area contributed by atoms with Crippen molar-refractivity contribution in [1.82, 2.24) is 0 Å². The first-order chi connectivity index (χ1) is 15.4. The van der Waals surface area contributed by atoms with E-state index < -0.39 is 7.92 Å². The summed E-state index contributed by atoms with van der Waals surface area (Å²) in [6, 6.07) is 35.0. The Balaban J connectivity index is 0.000000205. The first kappa shape index (κ1) is 23.1. The molecule has 4 aromatic rings. The summed E-state index contributed by atoms with van der Waals surface area (Å²) in [5, 5.41) is 6.89. The van der Waals surface area contributed by atoms with Crippen LogP contribution in [-0.2, 0) is 25.8 Å². The Labute approximate surface area is 212 Å². The van der Waals surface area contributed by atoms with Gasteiger partial charge in [-0.3, -0.25) is 0 Å². The van der Waals surface area contributed by atoms with Crippen LogP contribution in [0.15, 0.2) is 121 Å². The fraction of sp³-hybridized carbons (Fsp3) is 0.133. The van der Waals surface area contributed by atoms with Crippen molar-refractivity contribution in [2.75, 3.05) is 0 Å². The van der Waals surface area contributed by atoms with E-state index in [1.165, 1.54) is 45.9 Å². The Hall–Kier alpha value is -2.08. The third-order valence-corrected chi connectivity index (χ3v) is 8.51. The Morgan fingerprint density at radius 1 is 0.781 bits per heavy atom. The van der Waals surface area contributed by atoms with Gasteiger partial charge in [-0.2, -0.15) is 6.07 Å². The molecule has 0 saturated heterocycles. The van der Waals surface area contributed by atoms with Crippen LogP contribution in [0.25, 0.3) is 10.8 Å². The summed E-state index contributed by atoms with van der Waals surface area (Å²) < 4.78 is 0.